The van der Waals surface area contributed by atoms with Crippen LogP contribution in [0.1, 0.15) is 25.0 Å². The van der Waals surface area contributed by atoms with Crippen molar-refractivity contribution in [1.82, 2.24) is 0 Å². The molecular formula is C21H22N2O3. The second-order valence-electron chi connectivity index (χ2n) is 5.51. The summed E-state index contributed by atoms with van der Waals surface area (Å²) in [5.74, 6) is 0.766. The molecule has 1 N–H and O–H groups in total. The number of hydrogen-bond acceptors (Lipinski definition) is 4. The number of carbonyl (C=O) groups excluding carboxylic acids is 1. The molecule has 0 spiro atoms. The number of nitrogens with zero attached hydrogens (tertiary/aromatic N) is 1. The lowest BCUT2D eigenvalue weighted by Crippen LogP contribution is -2.14. The van der Waals surface area contributed by atoms with Crippen LogP contribution in [0.2, 0.25) is 0 Å². The van der Waals surface area contributed by atoms with E-state index < -0.39 is 5.91 Å². The Balaban J connectivity index is 2.27. The summed E-state index contributed by atoms with van der Waals surface area (Å²) in [5.41, 5.74) is 2.31. The predicted octanol–water partition coefficient (Wildman–Crippen LogP) is 4.34. The molecule has 1 amide bonds. The summed E-state index contributed by atoms with van der Waals surface area (Å²) >= 11 is 0. The van der Waals surface area contributed by atoms with Crippen LogP contribution in [0, 0.1) is 18.3 Å². The first-order valence-corrected chi connectivity index (χ1v) is 8.47. The van der Waals surface area contributed by atoms with Gasteiger partial charge in [-0.2, -0.15) is 5.26 Å². The van der Waals surface area contributed by atoms with E-state index in [0.29, 0.717) is 36.0 Å². The lowest BCUT2D eigenvalue weighted by Gasteiger charge is -2.11. The molecule has 0 unspecified atom stereocenters. The Hall–Kier alpha value is -3.26. The molecule has 26 heavy (non-hydrogen) atoms. The average Bonchev–Trinajstić information content (AvgIpc) is 2.64. The van der Waals surface area contributed by atoms with Crippen molar-refractivity contribution in [3.63, 3.8) is 0 Å². The highest BCUT2D eigenvalue weighted by molar-refractivity contribution is 6.10. The third-order valence-corrected chi connectivity index (χ3v) is 3.64. The number of carbonyl (C=O) groups is 1. The molecule has 2 aromatic carbocycles. The van der Waals surface area contributed by atoms with Gasteiger partial charge in [0, 0.05) is 5.69 Å². The summed E-state index contributed by atoms with van der Waals surface area (Å²) in [4.78, 5) is 12.4. The summed E-state index contributed by atoms with van der Waals surface area (Å²) in [6.07, 6.45) is 1.53. The number of amides is 1. The van der Waals surface area contributed by atoms with Crippen LogP contribution < -0.4 is 14.8 Å². The highest BCUT2D eigenvalue weighted by atomic mass is 16.5. The number of para-hydroxylation sites is 1. The zero-order valence-electron chi connectivity index (χ0n) is 15.2. The average molecular weight is 350 g/mol. The molecule has 0 aliphatic carbocycles. The van der Waals surface area contributed by atoms with Crippen LogP contribution in [0.15, 0.2) is 48.0 Å². The van der Waals surface area contributed by atoms with E-state index in [1.54, 1.807) is 24.3 Å². The molecule has 0 saturated heterocycles. The highest BCUT2D eigenvalue weighted by Gasteiger charge is 2.12. The Bertz CT molecular complexity index is 851. The van der Waals surface area contributed by atoms with Gasteiger partial charge in [-0.15, -0.1) is 0 Å². The molecule has 0 aliphatic heterocycles. The molecule has 5 heteroatoms. The smallest absolute Gasteiger partial charge is 0.266 e. The van der Waals surface area contributed by atoms with Crippen LogP contribution in [-0.4, -0.2) is 19.1 Å². The molecule has 0 aliphatic rings. The predicted molar refractivity (Wildman–Crippen MR) is 102 cm³/mol. The van der Waals surface area contributed by atoms with E-state index in [0.717, 1.165) is 5.56 Å². The standard InChI is InChI=1S/C21H22N2O3/c1-4-25-19-11-10-16(13-20(19)26-5-2)12-17(14-22)21(24)23-18-9-7-6-8-15(18)3/h6-13H,4-5H2,1-3H3,(H,23,24)/b17-12-. The largest absolute Gasteiger partial charge is 0.490 e. The maximum atomic E-state index is 12.4. The van der Waals surface area contributed by atoms with E-state index in [2.05, 4.69) is 5.32 Å². The van der Waals surface area contributed by atoms with Gasteiger partial charge in [0.15, 0.2) is 11.5 Å². The molecule has 5 nitrogen and oxygen atoms in total. The molecule has 0 saturated carbocycles. The van der Waals surface area contributed by atoms with Crippen molar-refractivity contribution < 1.29 is 14.3 Å². The van der Waals surface area contributed by atoms with Crippen molar-refractivity contribution in [3.8, 4) is 17.6 Å². The number of aryl methyl sites for hydroxylation is 1. The molecule has 0 atom stereocenters. The van der Waals surface area contributed by atoms with Crippen molar-refractivity contribution in [2.75, 3.05) is 18.5 Å². The Morgan fingerprint density at radius 1 is 1.12 bits per heavy atom. The first-order valence-electron chi connectivity index (χ1n) is 8.47. The van der Waals surface area contributed by atoms with Crippen LogP contribution in [0.3, 0.4) is 0 Å². The van der Waals surface area contributed by atoms with Gasteiger partial charge in [0.1, 0.15) is 11.6 Å². The molecule has 0 heterocycles. The van der Waals surface area contributed by atoms with Gasteiger partial charge in [-0.25, -0.2) is 0 Å². The Labute approximate surface area is 153 Å². The van der Waals surface area contributed by atoms with Gasteiger partial charge >= 0.3 is 0 Å². The second-order valence-corrected chi connectivity index (χ2v) is 5.51. The SMILES string of the molecule is CCOc1ccc(/C=C(/C#N)C(=O)Nc2ccccc2C)cc1OCC. The van der Waals surface area contributed by atoms with Gasteiger partial charge in [0.25, 0.3) is 5.91 Å². The van der Waals surface area contributed by atoms with Crippen molar-refractivity contribution >= 4 is 17.7 Å². The Morgan fingerprint density at radius 3 is 2.46 bits per heavy atom. The first kappa shape index (κ1) is 19.1. The summed E-state index contributed by atoms with van der Waals surface area (Å²) in [5, 5.41) is 12.1. The highest BCUT2D eigenvalue weighted by Crippen LogP contribution is 2.29. The topological polar surface area (TPSA) is 71.3 Å². The van der Waals surface area contributed by atoms with Crippen LogP contribution in [0.25, 0.3) is 6.08 Å². The molecule has 134 valence electrons. The van der Waals surface area contributed by atoms with Gasteiger partial charge in [0.2, 0.25) is 0 Å². The van der Waals surface area contributed by atoms with Crippen LogP contribution in [0.4, 0.5) is 5.69 Å². The quantitative estimate of drug-likeness (QED) is 0.596. The fourth-order valence-electron chi connectivity index (χ4n) is 2.38. The number of nitrogens with one attached hydrogen (secondary N) is 1. The second kappa shape index (κ2) is 9.28. The summed E-state index contributed by atoms with van der Waals surface area (Å²) in [6.45, 7) is 6.69. The van der Waals surface area contributed by atoms with Crippen molar-refractivity contribution in [1.29, 1.82) is 5.26 Å². The minimum absolute atomic E-state index is 0.0138. The van der Waals surface area contributed by atoms with E-state index >= 15 is 0 Å². The van der Waals surface area contributed by atoms with Gasteiger partial charge in [-0.3, -0.25) is 4.79 Å². The van der Waals surface area contributed by atoms with E-state index in [1.807, 2.05) is 45.0 Å². The zero-order valence-corrected chi connectivity index (χ0v) is 15.2. The monoisotopic (exact) mass is 350 g/mol. The van der Waals surface area contributed by atoms with Gasteiger partial charge < -0.3 is 14.8 Å². The van der Waals surface area contributed by atoms with Gasteiger partial charge in [0.05, 0.1) is 13.2 Å². The van der Waals surface area contributed by atoms with Crippen molar-refractivity contribution in [2.24, 2.45) is 0 Å². The third-order valence-electron chi connectivity index (χ3n) is 3.64. The van der Waals surface area contributed by atoms with Crippen LogP contribution in [0.5, 0.6) is 11.5 Å². The lowest BCUT2D eigenvalue weighted by molar-refractivity contribution is -0.112. The Kier molecular flexibility index (Phi) is 6.81. The van der Waals surface area contributed by atoms with Crippen LogP contribution >= 0.6 is 0 Å². The van der Waals surface area contributed by atoms with Gasteiger partial charge in [-0.05, 0) is 56.2 Å². The molecule has 0 radical (unpaired) electrons. The maximum absolute atomic E-state index is 12.4. The molecule has 0 fully saturated rings. The zero-order chi connectivity index (χ0) is 18.9. The molecular weight excluding hydrogens is 328 g/mol. The molecule has 2 rings (SSSR count). The minimum atomic E-state index is -0.450. The van der Waals surface area contributed by atoms with E-state index in [1.165, 1.54) is 6.08 Å². The maximum Gasteiger partial charge on any atom is 0.266 e. The number of benzene rings is 2. The van der Waals surface area contributed by atoms with Crippen LogP contribution in [-0.2, 0) is 4.79 Å². The first-order chi connectivity index (χ1) is 12.6. The third kappa shape index (κ3) is 4.87. The lowest BCUT2D eigenvalue weighted by atomic mass is 10.1. The number of anilines is 1. The minimum Gasteiger partial charge on any atom is -0.490 e. The summed E-state index contributed by atoms with van der Waals surface area (Å²) < 4.78 is 11.1. The summed E-state index contributed by atoms with van der Waals surface area (Å²) in [7, 11) is 0. The summed E-state index contributed by atoms with van der Waals surface area (Å²) in [6, 6.07) is 14.7. The number of hydrogen-bond donors (Lipinski definition) is 1. The van der Waals surface area contributed by atoms with E-state index in [-0.39, 0.29) is 5.57 Å². The van der Waals surface area contributed by atoms with Crippen molar-refractivity contribution in [3.05, 3.63) is 59.2 Å². The fourth-order valence-corrected chi connectivity index (χ4v) is 2.38. The molecule has 0 aromatic heterocycles. The normalized spacial score (nSPS) is 10.8. The Morgan fingerprint density at radius 2 is 1.81 bits per heavy atom. The van der Waals surface area contributed by atoms with E-state index in [4.69, 9.17) is 9.47 Å². The number of rotatable bonds is 7. The van der Waals surface area contributed by atoms with Gasteiger partial charge in [-0.1, -0.05) is 24.3 Å². The van der Waals surface area contributed by atoms with Crippen molar-refractivity contribution in [2.45, 2.75) is 20.8 Å². The fraction of sp³-hybridized carbons (Fsp3) is 0.238. The molecule has 2 aromatic rings. The number of ether oxygens (including phenoxy) is 2. The number of nitriles is 1. The molecule has 0 bridgehead atoms. The van der Waals surface area contributed by atoms with E-state index in [9.17, 15) is 10.1 Å².